The van der Waals surface area contributed by atoms with Crippen LogP contribution in [0, 0.1) is 0 Å². The van der Waals surface area contributed by atoms with Gasteiger partial charge in [0.05, 0.1) is 11.3 Å². The van der Waals surface area contributed by atoms with Crippen molar-refractivity contribution in [2.45, 2.75) is 17.2 Å². The fourth-order valence-corrected chi connectivity index (χ4v) is 2.94. The molecule has 7 heteroatoms. The molecule has 2 N–H and O–H groups in total. The molecule has 0 atom stereocenters. The number of rotatable bonds is 7. The Kier molecular flexibility index (Phi) is 6.38. The highest BCUT2D eigenvalue weighted by atomic mass is 32.2. The summed E-state index contributed by atoms with van der Waals surface area (Å²) in [6.07, 6.45) is 3.35. The van der Waals surface area contributed by atoms with Gasteiger partial charge in [0.25, 0.3) is 11.7 Å². The smallest absolute Gasteiger partial charge is 0.288 e. The van der Waals surface area contributed by atoms with Crippen LogP contribution < -0.4 is 10.6 Å². The van der Waals surface area contributed by atoms with Gasteiger partial charge in [0.2, 0.25) is 0 Å². The number of anilines is 2. The highest BCUT2D eigenvalue weighted by Gasteiger charge is 2.11. The minimum Gasteiger partial charge on any atom is -0.355 e. The number of thioether (sulfide) groups is 1. The van der Waals surface area contributed by atoms with Crippen molar-refractivity contribution in [3.63, 3.8) is 0 Å². The normalized spacial score (nSPS) is 10.6. The predicted octanol–water partition coefficient (Wildman–Crippen LogP) is 5.07. The van der Waals surface area contributed by atoms with Crippen LogP contribution in [-0.2, 0) is 6.54 Å². The molecule has 0 bridgehead atoms. The highest BCUT2D eigenvalue weighted by Crippen LogP contribution is 2.27. The Morgan fingerprint density at radius 1 is 1.00 bits per heavy atom. The molecular weight excluding hydrogens is 368 g/mol. The van der Waals surface area contributed by atoms with E-state index in [1.165, 1.54) is 0 Å². The SMILES string of the molecule is O=C(NCc1ccncc1)c1ccccc1Nc1ccc(SC(F)F)cc1. The summed E-state index contributed by atoms with van der Waals surface area (Å²) >= 11 is 0.496. The maximum absolute atomic E-state index is 12.6. The number of para-hydroxylation sites is 1. The summed E-state index contributed by atoms with van der Waals surface area (Å²) in [5.41, 5.74) is 2.80. The van der Waals surface area contributed by atoms with Gasteiger partial charge < -0.3 is 10.6 Å². The zero-order valence-electron chi connectivity index (χ0n) is 14.2. The lowest BCUT2D eigenvalue weighted by Gasteiger charge is -2.13. The van der Waals surface area contributed by atoms with Gasteiger partial charge in [-0.25, -0.2) is 0 Å². The van der Waals surface area contributed by atoms with Crippen molar-refractivity contribution >= 4 is 29.0 Å². The molecule has 2 aromatic carbocycles. The molecule has 4 nitrogen and oxygen atoms in total. The third-order valence-corrected chi connectivity index (χ3v) is 4.46. The molecule has 0 radical (unpaired) electrons. The molecule has 0 saturated carbocycles. The van der Waals surface area contributed by atoms with Gasteiger partial charge in [-0.05, 0) is 54.1 Å². The van der Waals surface area contributed by atoms with Crippen LogP contribution in [0.1, 0.15) is 15.9 Å². The number of aromatic nitrogens is 1. The van der Waals surface area contributed by atoms with Crippen LogP contribution in [0.5, 0.6) is 0 Å². The first-order chi connectivity index (χ1) is 13.1. The summed E-state index contributed by atoms with van der Waals surface area (Å²) in [4.78, 5) is 17.0. The Morgan fingerprint density at radius 3 is 2.41 bits per heavy atom. The van der Waals surface area contributed by atoms with Crippen LogP contribution in [0.15, 0.2) is 78.0 Å². The lowest BCUT2D eigenvalue weighted by molar-refractivity contribution is 0.0951. The minimum absolute atomic E-state index is 0.209. The van der Waals surface area contributed by atoms with Gasteiger partial charge in [0.15, 0.2) is 0 Å². The van der Waals surface area contributed by atoms with Crippen LogP contribution >= 0.6 is 11.8 Å². The van der Waals surface area contributed by atoms with Crippen molar-refractivity contribution in [3.8, 4) is 0 Å². The van der Waals surface area contributed by atoms with E-state index in [9.17, 15) is 13.6 Å². The monoisotopic (exact) mass is 385 g/mol. The molecule has 0 aliphatic carbocycles. The molecule has 138 valence electrons. The first kappa shape index (κ1) is 18.8. The molecule has 0 aliphatic rings. The lowest BCUT2D eigenvalue weighted by Crippen LogP contribution is -2.23. The van der Waals surface area contributed by atoms with E-state index in [1.54, 1.807) is 54.9 Å². The number of carbonyl (C=O) groups excluding carboxylic acids is 1. The van der Waals surface area contributed by atoms with Crippen LogP contribution in [0.3, 0.4) is 0 Å². The van der Waals surface area contributed by atoms with E-state index in [4.69, 9.17) is 0 Å². The lowest BCUT2D eigenvalue weighted by atomic mass is 10.1. The second-order valence-electron chi connectivity index (χ2n) is 5.61. The minimum atomic E-state index is -2.45. The third kappa shape index (κ3) is 5.52. The Hall–Kier alpha value is -2.93. The largest absolute Gasteiger partial charge is 0.355 e. The molecule has 1 amide bonds. The number of halogens is 2. The van der Waals surface area contributed by atoms with Crippen molar-refractivity contribution in [2.24, 2.45) is 0 Å². The van der Waals surface area contributed by atoms with Crippen molar-refractivity contribution in [2.75, 3.05) is 5.32 Å². The molecule has 1 aromatic heterocycles. The zero-order chi connectivity index (χ0) is 19.1. The van der Waals surface area contributed by atoms with Crippen LogP contribution in [0.25, 0.3) is 0 Å². The summed E-state index contributed by atoms with van der Waals surface area (Å²) in [5.74, 6) is -2.66. The summed E-state index contributed by atoms with van der Waals surface area (Å²) in [6.45, 7) is 0.398. The first-order valence-electron chi connectivity index (χ1n) is 8.20. The fraction of sp³-hybridized carbons (Fsp3) is 0.100. The van der Waals surface area contributed by atoms with Crippen molar-refractivity contribution in [1.29, 1.82) is 0 Å². The number of nitrogens with zero attached hydrogens (tertiary/aromatic N) is 1. The number of pyridine rings is 1. The Bertz CT molecular complexity index is 889. The first-order valence-corrected chi connectivity index (χ1v) is 9.08. The van der Waals surface area contributed by atoms with E-state index in [-0.39, 0.29) is 5.91 Å². The van der Waals surface area contributed by atoms with Gasteiger partial charge in [0.1, 0.15) is 0 Å². The van der Waals surface area contributed by atoms with Crippen LogP contribution in [0.2, 0.25) is 0 Å². The zero-order valence-corrected chi connectivity index (χ0v) is 15.0. The molecule has 3 rings (SSSR count). The Labute approximate surface area is 160 Å². The van der Waals surface area contributed by atoms with Crippen molar-refractivity contribution in [1.82, 2.24) is 10.3 Å². The second-order valence-corrected chi connectivity index (χ2v) is 6.68. The van der Waals surface area contributed by atoms with Crippen molar-refractivity contribution in [3.05, 3.63) is 84.2 Å². The molecule has 0 saturated heterocycles. The van der Waals surface area contributed by atoms with E-state index in [2.05, 4.69) is 15.6 Å². The molecule has 0 aliphatic heterocycles. The number of benzene rings is 2. The summed E-state index contributed by atoms with van der Waals surface area (Å²) in [7, 11) is 0. The van der Waals surface area contributed by atoms with Crippen LogP contribution in [-0.4, -0.2) is 16.6 Å². The molecule has 0 fully saturated rings. The standard InChI is InChI=1S/C20H17F2N3OS/c21-20(22)27-16-7-5-15(6-8-16)25-18-4-2-1-3-17(18)19(26)24-13-14-9-11-23-12-10-14/h1-12,20,25H,13H2,(H,24,26). The van der Waals surface area contributed by atoms with Gasteiger partial charge >= 0.3 is 0 Å². The number of hydrogen-bond acceptors (Lipinski definition) is 4. The summed E-state index contributed by atoms with van der Waals surface area (Å²) < 4.78 is 24.8. The second kappa shape index (κ2) is 9.14. The predicted molar refractivity (Wildman–Crippen MR) is 103 cm³/mol. The molecular formula is C20H17F2N3OS. The van der Waals surface area contributed by atoms with E-state index < -0.39 is 5.76 Å². The Balaban J connectivity index is 1.69. The van der Waals surface area contributed by atoms with Gasteiger partial charge in [-0.3, -0.25) is 9.78 Å². The number of carbonyl (C=O) groups is 1. The fourth-order valence-electron chi connectivity index (χ4n) is 2.44. The Morgan fingerprint density at radius 2 is 1.70 bits per heavy atom. The molecule has 27 heavy (non-hydrogen) atoms. The summed E-state index contributed by atoms with van der Waals surface area (Å²) in [6, 6.07) is 17.4. The molecule has 3 aromatic rings. The molecule has 0 unspecified atom stereocenters. The third-order valence-electron chi connectivity index (χ3n) is 3.73. The highest BCUT2D eigenvalue weighted by molar-refractivity contribution is 7.99. The van der Waals surface area contributed by atoms with E-state index >= 15 is 0 Å². The molecule has 1 heterocycles. The maximum atomic E-state index is 12.6. The average molecular weight is 385 g/mol. The van der Waals surface area contributed by atoms with Gasteiger partial charge in [-0.2, -0.15) is 8.78 Å². The average Bonchev–Trinajstić information content (AvgIpc) is 2.68. The van der Waals surface area contributed by atoms with Gasteiger partial charge in [0, 0.05) is 29.5 Å². The topological polar surface area (TPSA) is 54.0 Å². The summed E-state index contributed by atoms with van der Waals surface area (Å²) in [5, 5.41) is 6.04. The molecule has 0 spiro atoms. The number of nitrogens with one attached hydrogen (secondary N) is 2. The van der Waals surface area contributed by atoms with Gasteiger partial charge in [-0.1, -0.05) is 23.9 Å². The van der Waals surface area contributed by atoms with E-state index in [1.807, 2.05) is 18.2 Å². The van der Waals surface area contributed by atoms with Crippen LogP contribution in [0.4, 0.5) is 20.2 Å². The number of hydrogen-bond donors (Lipinski definition) is 2. The van der Waals surface area contributed by atoms with Gasteiger partial charge in [-0.15, -0.1) is 0 Å². The number of amides is 1. The van der Waals surface area contributed by atoms with Crippen molar-refractivity contribution < 1.29 is 13.6 Å². The quantitative estimate of drug-likeness (QED) is 0.558. The number of alkyl halides is 2. The van der Waals surface area contributed by atoms with E-state index in [0.29, 0.717) is 40.1 Å². The maximum Gasteiger partial charge on any atom is 0.288 e. The van der Waals surface area contributed by atoms with E-state index in [0.717, 1.165) is 5.56 Å².